The average Bonchev–Trinajstić information content (AvgIpc) is 2.48. The molecule has 4 nitrogen and oxygen atoms in total. The van der Waals surface area contributed by atoms with E-state index in [1.54, 1.807) is 12.1 Å². The molecular weight excluding hydrogens is 254 g/mol. The third kappa shape index (κ3) is 3.45. The first-order valence-electron chi connectivity index (χ1n) is 6.23. The van der Waals surface area contributed by atoms with Gasteiger partial charge in [0.25, 0.3) is 0 Å². The van der Waals surface area contributed by atoms with Crippen molar-refractivity contribution < 1.29 is 14.3 Å². The Morgan fingerprint density at radius 2 is 1.90 bits per heavy atom. The summed E-state index contributed by atoms with van der Waals surface area (Å²) in [6.07, 6.45) is 0.131. The van der Waals surface area contributed by atoms with Crippen molar-refractivity contribution in [1.29, 1.82) is 0 Å². The molecule has 0 saturated heterocycles. The van der Waals surface area contributed by atoms with Crippen LogP contribution in [0.5, 0.6) is 0 Å². The third-order valence-electron chi connectivity index (χ3n) is 2.87. The van der Waals surface area contributed by atoms with Gasteiger partial charge in [0, 0.05) is 5.56 Å². The maximum Gasteiger partial charge on any atom is 0.411 e. The standard InChI is InChI=1S/C16H15NO3/c1-12-6-5-9-14(10-18)15(12)17-16(19)20-11-13-7-3-2-4-8-13/h2-10H,11H2,1H3,(H,17,19). The lowest BCUT2D eigenvalue weighted by Gasteiger charge is -2.11. The third-order valence-corrected chi connectivity index (χ3v) is 2.87. The molecule has 20 heavy (non-hydrogen) atoms. The van der Waals surface area contributed by atoms with Crippen LogP contribution in [-0.4, -0.2) is 12.4 Å². The molecule has 0 fully saturated rings. The molecule has 0 saturated carbocycles. The highest BCUT2D eigenvalue weighted by Gasteiger charge is 2.09. The van der Waals surface area contributed by atoms with Crippen LogP contribution >= 0.6 is 0 Å². The van der Waals surface area contributed by atoms with Gasteiger partial charge in [-0.05, 0) is 24.1 Å². The molecular formula is C16H15NO3. The van der Waals surface area contributed by atoms with Crippen LogP contribution in [0.1, 0.15) is 21.5 Å². The molecule has 2 aromatic carbocycles. The van der Waals surface area contributed by atoms with Gasteiger partial charge in [-0.1, -0.05) is 42.5 Å². The van der Waals surface area contributed by atoms with E-state index < -0.39 is 6.09 Å². The smallest absolute Gasteiger partial charge is 0.411 e. The van der Waals surface area contributed by atoms with Crippen LogP contribution in [0.4, 0.5) is 10.5 Å². The number of hydrogen-bond donors (Lipinski definition) is 1. The summed E-state index contributed by atoms with van der Waals surface area (Å²) in [6.45, 7) is 2.01. The zero-order valence-corrected chi connectivity index (χ0v) is 11.1. The van der Waals surface area contributed by atoms with E-state index >= 15 is 0 Å². The number of hydrogen-bond acceptors (Lipinski definition) is 3. The summed E-state index contributed by atoms with van der Waals surface area (Å²) in [5.41, 5.74) is 2.64. The largest absolute Gasteiger partial charge is 0.444 e. The lowest BCUT2D eigenvalue weighted by atomic mass is 10.1. The van der Waals surface area contributed by atoms with E-state index in [0.29, 0.717) is 17.5 Å². The number of benzene rings is 2. The quantitative estimate of drug-likeness (QED) is 0.863. The molecule has 102 valence electrons. The summed E-state index contributed by atoms with van der Waals surface area (Å²) >= 11 is 0. The summed E-state index contributed by atoms with van der Waals surface area (Å²) in [6, 6.07) is 14.6. The van der Waals surface area contributed by atoms with E-state index in [0.717, 1.165) is 11.1 Å². The molecule has 0 aliphatic rings. The highest BCUT2D eigenvalue weighted by atomic mass is 16.5. The van der Waals surface area contributed by atoms with Crippen molar-refractivity contribution in [2.24, 2.45) is 0 Å². The second kappa shape index (κ2) is 6.52. The maximum absolute atomic E-state index is 11.8. The van der Waals surface area contributed by atoms with Gasteiger partial charge in [-0.2, -0.15) is 0 Å². The van der Waals surface area contributed by atoms with Crippen LogP contribution in [0.15, 0.2) is 48.5 Å². The fourth-order valence-electron chi connectivity index (χ4n) is 1.82. The van der Waals surface area contributed by atoms with Crippen molar-refractivity contribution in [3.8, 4) is 0 Å². The molecule has 0 spiro atoms. The van der Waals surface area contributed by atoms with E-state index in [9.17, 15) is 9.59 Å². The predicted octanol–water partition coefficient (Wildman–Crippen LogP) is 3.56. The minimum absolute atomic E-state index is 0.189. The van der Waals surface area contributed by atoms with Gasteiger partial charge in [-0.25, -0.2) is 4.79 Å². The van der Waals surface area contributed by atoms with Gasteiger partial charge in [-0.15, -0.1) is 0 Å². The summed E-state index contributed by atoms with van der Waals surface area (Å²) in [5.74, 6) is 0. The van der Waals surface area contributed by atoms with Crippen LogP contribution < -0.4 is 5.32 Å². The van der Waals surface area contributed by atoms with Gasteiger partial charge in [0.05, 0.1) is 5.69 Å². The maximum atomic E-state index is 11.8. The van der Waals surface area contributed by atoms with Crippen molar-refractivity contribution in [3.05, 3.63) is 65.2 Å². The number of ether oxygens (including phenoxy) is 1. The highest BCUT2D eigenvalue weighted by molar-refractivity contribution is 5.94. The summed E-state index contributed by atoms with van der Waals surface area (Å²) in [7, 11) is 0. The van der Waals surface area contributed by atoms with Gasteiger partial charge in [0.15, 0.2) is 6.29 Å². The van der Waals surface area contributed by atoms with Gasteiger partial charge < -0.3 is 4.74 Å². The predicted molar refractivity (Wildman–Crippen MR) is 76.8 cm³/mol. The summed E-state index contributed by atoms with van der Waals surface area (Å²) in [5, 5.41) is 2.61. The first-order valence-corrected chi connectivity index (χ1v) is 6.23. The molecule has 0 aliphatic carbocycles. The zero-order valence-electron chi connectivity index (χ0n) is 11.1. The number of carbonyl (C=O) groups excluding carboxylic acids is 2. The van der Waals surface area contributed by atoms with E-state index in [4.69, 9.17) is 4.74 Å². The number of aryl methyl sites for hydroxylation is 1. The first-order chi connectivity index (χ1) is 9.70. The Morgan fingerprint density at radius 3 is 2.60 bits per heavy atom. The average molecular weight is 269 g/mol. The van der Waals surface area contributed by atoms with Crippen LogP contribution in [0.3, 0.4) is 0 Å². The number of aldehydes is 1. The zero-order chi connectivity index (χ0) is 14.4. The van der Waals surface area contributed by atoms with Crippen LogP contribution in [-0.2, 0) is 11.3 Å². The summed E-state index contributed by atoms with van der Waals surface area (Å²) < 4.78 is 5.12. The Bertz CT molecular complexity index is 608. The number of rotatable bonds is 4. The molecule has 0 radical (unpaired) electrons. The highest BCUT2D eigenvalue weighted by Crippen LogP contribution is 2.19. The monoisotopic (exact) mass is 269 g/mol. The second-order valence-electron chi connectivity index (χ2n) is 4.34. The minimum Gasteiger partial charge on any atom is -0.444 e. The van der Waals surface area contributed by atoms with Crippen LogP contribution in [0.2, 0.25) is 0 Å². The van der Waals surface area contributed by atoms with Crippen molar-refractivity contribution in [2.45, 2.75) is 13.5 Å². The number of amides is 1. The molecule has 1 N–H and O–H groups in total. The number of carbonyl (C=O) groups is 2. The molecule has 0 aromatic heterocycles. The van der Waals surface area contributed by atoms with Crippen molar-refractivity contribution in [2.75, 3.05) is 5.32 Å². The van der Waals surface area contributed by atoms with Crippen molar-refractivity contribution in [3.63, 3.8) is 0 Å². The van der Waals surface area contributed by atoms with Gasteiger partial charge in [0.1, 0.15) is 6.61 Å². The normalized spacial score (nSPS) is 9.85. The van der Waals surface area contributed by atoms with E-state index in [1.807, 2.05) is 43.3 Å². The van der Waals surface area contributed by atoms with E-state index in [2.05, 4.69) is 5.32 Å². The molecule has 4 heteroatoms. The Kier molecular flexibility index (Phi) is 4.50. The first kappa shape index (κ1) is 13.8. The van der Waals surface area contributed by atoms with Crippen LogP contribution in [0.25, 0.3) is 0 Å². The van der Waals surface area contributed by atoms with E-state index in [1.165, 1.54) is 0 Å². The van der Waals surface area contributed by atoms with Gasteiger partial charge in [-0.3, -0.25) is 10.1 Å². The van der Waals surface area contributed by atoms with Gasteiger partial charge in [0.2, 0.25) is 0 Å². The SMILES string of the molecule is Cc1cccc(C=O)c1NC(=O)OCc1ccccc1. The fourth-order valence-corrected chi connectivity index (χ4v) is 1.82. The molecule has 0 aliphatic heterocycles. The van der Waals surface area contributed by atoms with Crippen molar-refractivity contribution in [1.82, 2.24) is 0 Å². The van der Waals surface area contributed by atoms with Gasteiger partial charge >= 0.3 is 6.09 Å². The summed E-state index contributed by atoms with van der Waals surface area (Å²) in [4.78, 5) is 22.7. The Labute approximate surface area is 117 Å². The second-order valence-corrected chi connectivity index (χ2v) is 4.34. The fraction of sp³-hybridized carbons (Fsp3) is 0.125. The molecule has 2 aromatic rings. The Balaban J connectivity index is 2.00. The Hall–Kier alpha value is -2.62. The van der Waals surface area contributed by atoms with Crippen molar-refractivity contribution >= 4 is 18.1 Å². The molecule has 2 rings (SSSR count). The molecule has 0 heterocycles. The molecule has 0 bridgehead atoms. The minimum atomic E-state index is -0.578. The number of nitrogens with one attached hydrogen (secondary N) is 1. The molecule has 1 amide bonds. The molecule has 0 unspecified atom stereocenters. The Morgan fingerprint density at radius 1 is 1.15 bits per heavy atom. The molecule has 0 atom stereocenters. The lowest BCUT2D eigenvalue weighted by molar-refractivity contribution is 0.112. The number of para-hydroxylation sites is 1. The van der Waals surface area contributed by atoms with Crippen LogP contribution in [0, 0.1) is 6.92 Å². The van der Waals surface area contributed by atoms with E-state index in [-0.39, 0.29) is 6.61 Å². The number of anilines is 1. The lowest BCUT2D eigenvalue weighted by Crippen LogP contribution is -2.15. The topological polar surface area (TPSA) is 55.4 Å².